The number of amides is 2. The molecule has 1 heterocycles. The number of aliphatic hydroxyl groups excluding tert-OH is 1. The molecule has 6 heteroatoms. The van der Waals surface area contributed by atoms with E-state index in [1.54, 1.807) is 0 Å². The van der Waals surface area contributed by atoms with E-state index >= 15 is 0 Å². The van der Waals surface area contributed by atoms with Crippen LogP contribution in [-0.2, 0) is 6.42 Å². The normalized spacial score (nSPS) is 17.3. The van der Waals surface area contributed by atoms with E-state index < -0.39 is 0 Å². The molecule has 0 spiro atoms. The van der Waals surface area contributed by atoms with Gasteiger partial charge in [0.1, 0.15) is 0 Å². The van der Waals surface area contributed by atoms with E-state index in [-0.39, 0.29) is 18.7 Å². The maximum atomic E-state index is 12.3. The van der Waals surface area contributed by atoms with Crippen LogP contribution in [0.5, 0.6) is 0 Å². The Hall–Kier alpha value is -1.24. The molecule has 2 rings (SSSR count). The summed E-state index contributed by atoms with van der Waals surface area (Å²) in [5, 5.41) is 12.0. The van der Waals surface area contributed by atoms with Gasteiger partial charge in [0.15, 0.2) is 0 Å². The Balaban J connectivity index is 1.80. The van der Waals surface area contributed by atoms with E-state index in [2.05, 4.69) is 35.0 Å². The Kier molecular flexibility index (Phi) is 7.02. The number of benzene rings is 1. The van der Waals surface area contributed by atoms with Crippen LogP contribution in [0.2, 0.25) is 0 Å². The van der Waals surface area contributed by atoms with Crippen molar-refractivity contribution in [3.63, 3.8) is 0 Å². The molecule has 1 aliphatic rings. The van der Waals surface area contributed by atoms with Gasteiger partial charge >= 0.3 is 6.03 Å². The van der Waals surface area contributed by atoms with Crippen molar-refractivity contribution < 1.29 is 9.90 Å². The number of piperazine rings is 1. The number of urea groups is 1. The first-order valence-corrected chi connectivity index (χ1v) is 8.39. The highest BCUT2D eigenvalue weighted by molar-refractivity contribution is 7.80. The molecule has 1 aromatic carbocycles. The molecule has 5 nitrogen and oxygen atoms in total. The van der Waals surface area contributed by atoms with Crippen molar-refractivity contribution in [3.05, 3.63) is 35.9 Å². The number of rotatable bonds is 6. The largest absolute Gasteiger partial charge is 0.395 e. The molecule has 1 saturated heterocycles. The third kappa shape index (κ3) is 5.19. The fourth-order valence-corrected chi connectivity index (χ4v) is 2.86. The summed E-state index contributed by atoms with van der Waals surface area (Å²) in [6, 6.07) is 10.2. The number of aliphatic hydroxyl groups is 1. The summed E-state index contributed by atoms with van der Waals surface area (Å²) in [5.74, 6) is 0.616. The Bertz CT molecular complexity index is 450. The molecule has 2 amide bonds. The number of hydrogen-bond donors (Lipinski definition) is 3. The average molecular weight is 323 g/mol. The average Bonchev–Trinajstić information content (AvgIpc) is 2.56. The van der Waals surface area contributed by atoms with Crippen LogP contribution in [0.25, 0.3) is 0 Å². The molecule has 1 unspecified atom stereocenters. The highest BCUT2D eigenvalue weighted by atomic mass is 32.1. The molecule has 0 saturated carbocycles. The third-order valence-electron chi connectivity index (χ3n) is 3.95. The number of carbonyl (C=O) groups excluding carboxylic acids is 1. The Labute approximate surface area is 137 Å². The Morgan fingerprint density at radius 3 is 2.50 bits per heavy atom. The minimum Gasteiger partial charge on any atom is -0.395 e. The molecule has 0 aliphatic carbocycles. The second-order valence-electron chi connectivity index (χ2n) is 5.57. The lowest BCUT2D eigenvalue weighted by Gasteiger charge is -2.35. The second kappa shape index (κ2) is 9.02. The van der Waals surface area contributed by atoms with Crippen LogP contribution in [0, 0.1) is 0 Å². The van der Waals surface area contributed by atoms with Gasteiger partial charge in [-0.15, -0.1) is 0 Å². The number of β-amino-alcohol motifs (C(OH)–C–C–N with tert-alkyl or cyclic N) is 1. The summed E-state index contributed by atoms with van der Waals surface area (Å²) < 4.78 is 0. The van der Waals surface area contributed by atoms with Crippen LogP contribution >= 0.6 is 12.6 Å². The van der Waals surface area contributed by atoms with E-state index in [0.29, 0.717) is 25.4 Å². The maximum Gasteiger partial charge on any atom is 0.317 e. The summed E-state index contributed by atoms with van der Waals surface area (Å²) in [6.07, 6.45) is 0.792. The molecule has 0 bridgehead atoms. The van der Waals surface area contributed by atoms with Crippen LogP contribution in [0.15, 0.2) is 30.3 Å². The first kappa shape index (κ1) is 17.1. The molecule has 1 atom stereocenters. The lowest BCUT2D eigenvalue weighted by molar-refractivity contribution is 0.121. The first-order valence-electron chi connectivity index (χ1n) is 7.76. The predicted molar refractivity (Wildman–Crippen MR) is 91.4 cm³/mol. The second-order valence-corrected chi connectivity index (χ2v) is 5.94. The fraction of sp³-hybridized carbons (Fsp3) is 0.562. The van der Waals surface area contributed by atoms with Gasteiger partial charge < -0.3 is 15.3 Å². The van der Waals surface area contributed by atoms with Crippen LogP contribution in [0.1, 0.15) is 5.56 Å². The summed E-state index contributed by atoms with van der Waals surface area (Å²) in [4.78, 5) is 16.3. The zero-order chi connectivity index (χ0) is 15.8. The van der Waals surface area contributed by atoms with Crippen molar-refractivity contribution in [2.75, 3.05) is 45.1 Å². The minimum atomic E-state index is -0.0152. The molecule has 1 aliphatic heterocycles. The minimum absolute atomic E-state index is 0.0152. The van der Waals surface area contributed by atoms with Gasteiger partial charge in [-0.25, -0.2) is 4.79 Å². The zero-order valence-electron chi connectivity index (χ0n) is 12.8. The van der Waals surface area contributed by atoms with Gasteiger partial charge in [-0.3, -0.25) is 4.90 Å². The van der Waals surface area contributed by atoms with Crippen LogP contribution < -0.4 is 5.32 Å². The molecule has 0 radical (unpaired) electrons. The molecule has 0 aromatic heterocycles. The van der Waals surface area contributed by atoms with Gasteiger partial charge in [0, 0.05) is 44.5 Å². The quantitative estimate of drug-likeness (QED) is 0.680. The smallest absolute Gasteiger partial charge is 0.317 e. The molecular formula is C16H25N3O2S. The van der Waals surface area contributed by atoms with E-state index in [4.69, 9.17) is 5.11 Å². The summed E-state index contributed by atoms with van der Waals surface area (Å²) in [5.41, 5.74) is 1.20. The summed E-state index contributed by atoms with van der Waals surface area (Å²) in [7, 11) is 0. The highest BCUT2D eigenvalue weighted by Crippen LogP contribution is 2.06. The molecular weight excluding hydrogens is 298 g/mol. The standard InChI is InChI=1S/C16H25N3O2S/c20-11-10-18-6-8-19(9-7-18)16(21)17-15(13-22)12-14-4-2-1-3-5-14/h1-5,15,20,22H,6-13H2,(H,17,21). The topological polar surface area (TPSA) is 55.8 Å². The lowest BCUT2D eigenvalue weighted by Crippen LogP contribution is -2.54. The van der Waals surface area contributed by atoms with Gasteiger partial charge in [-0.1, -0.05) is 30.3 Å². The van der Waals surface area contributed by atoms with Gasteiger partial charge in [0.2, 0.25) is 0 Å². The van der Waals surface area contributed by atoms with Crippen molar-refractivity contribution in [2.45, 2.75) is 12.5 Å². The predicted octanol–water partition coefficient (Wildman–Crippen LogP) is 0.847. The van der Waals surface area contributed by atoms with Gasteiger partial charge in [-0.05, 0) is 12.0 Å². The van der Waals surface area contributed by atoms with Crippen molar-refractivity contribution in [3.8, 4) is 0 Å². The third-order valence-corrected chi connectivity index (χ3v) is 4.39. The molecule has 122 valence electrons. The Morgan fingerprint density at radius 2 is 1.91 bits per heavy atom. The lowest BCUT2D eigenvalue weighted by atomic mass is 10.1. The van der Waals surface area contributed by atoms with Gasteiger partial charge in [0.05, 0.1) is 6.61 Å². The fourth-order valence-electron chi connectivity index (χ4n) is 2.64. The monoisotopic (exact) mass is 323 g/mol. The van der Waals surface area contributed by atoms with Crippen molar-refractivity contribution >= 4 is 18.7 Å². The number of nitrogens with one attached hydrogen (secondary N) is 1. The SMILES string of the molecule is O=C(NC(CS)Cc1ccccc1)N1CCN(CCO)CC1. The van der Waals surface area contributed by atoms with Crippen molar-refractivity contribution in [1.82, 2.24) is 15.1 Å². The zero-order valence-corrected chi connectivity index (χ0v) is 13.7. The van der Waals surface area contributed by atoms with Crippen LogP contribution in [-0.4, -0.2) is 72.1 Å². The van der Waals surface area contributed by atoms with Gasteiger partial charge in [-0.2, -0.15) is 12.6 Å². The Morgan fingerprint density at radius 1 is 1.23 bits per heavy atom. The maximum absolute atomic E-state index is 12.3. The summed E-state index contributed by atoms with van der Waals surface area (Å²) in [6.45, 7) is 3.90. The van der Waals surface area contributed by atoms with Gasteiger partial charge in [0.25, 0.3) is 0 Å². The van der Waals surface area contributed by atoms with E-state index in [9.17, 15) is 4.79 Å². The molecule has 1 fully saturated rings. The van der Waals surface area contributed by atoms with E-state index in [0.717, 1.165) is 19.5 Å². The van der Waals surface area contributed by atoms with E-state index in [1.165, 1.54) is 5.56 Å². The number of carbonyl (C=O) groups is 1. The van der Waals surface area contributed by atoms with Crippen molar-refractivity contribution in [2.24, 2.45) is 0 Å². The number of thiol groups is 1. The molecule has 2 N–H and O–H groups in total. The summed E-state index contributed by atoms with van der Waals surface area (Å²) >= 11 is 4.36. The van der Waals surface area contributed by atoms with Crippen molar-refractivity contribution in [1.29, 1.82) is 0 Å². The number of hydrogen-bond acceptors (Lipinski definition) is 4. The van der Waals surface area contributed by atoms with Crippen LogP contribution in [0.3, 0.4) is 0 Å². The van der Waals surface area contributed by atoms with E-state index in [1.807, 2.05) is 23.1 Å². The van der Waals surface area contributed by atoms with Crippen LogP contribution in [0.4, 0.5) is 4.79 Å². The highest BCUT2D eigenvalue weighted by Gasteiger charge is 2.22. The molecule has 22 heavy (non-hydrogen) atoms. The number of nitrogens with zero attached hydrogens (tertiary/aromatic N) is 2. The molecule has 1 aromatic rings. The first-order chi connectivity index (χ1) is 10.7.